The summed E-state index contributed by atoms with van der Waals surface area (Å²) in [6, 6.07) is 6.40. The molecule has 0 bridgehead atoms. The van der Waals surface area contributed by atoms with Crippen molar-refractivity contribution in [3.8, 4) is 28.8 Å². The molecule has 1 heterocycles. The molecular formula is C23H29N5O2. The van der Waals surface area contributed by atoms with Crippen molar-refractivity contribution < 1.29 is 9.47 Å². The van der Waals surface area contributed by atoms with E-state index >= 15 is 0 Å². The van der Waals surface area contributed by atoms with Crippen LogP contribution in [0, 0.1) is 11.3 Å². The van der Waals surface area contributed by atoms with E-state index in [0.717, 1.165) is 60.2 Å². The van der Waals surface area contributed by atoms with E-state index in [1.54, 1.807) is 0 Å². The maximum absolute atomic E-state index is 8.98. The predicted octanol–water partition coefficient (Wildman–Crippen LogP) is 3.50. The molecule has 1 aromatic heterocycles. The molecule has 0 spiro atoms. The number of anilines is 1. The van der Waals surface area contributed by atoms with Crippen molar-refractivity contribution >= 4 is 5.82 Å². The van der Waals surface area contributed by atoms with Gasteiger partial charge < -0.3 is 20.9 Å². The average molecular weight is 408 g/mol. The number of fused-ring (bicyclic) bond motifs is 3. The minimum absolute atomic E-state index is 0.128. The molecule has 4 rings (SSSR count). The molecule has 0 aliphatic heterocycles. The van der Waals surface area contributed by atoms with Gasteiger partial charge in [-0.25, -0.2) is 9.97 Å². The SMILES string of the molecule is CC1(C)Cc2c(ccc(O[C@H]3CC[C@H](N)CC3)c2OCCC#N)-c2ncnc(N)c21. The first-order valence-electron chi connectivity index (χ1n) is 10.6. The first-order chi connectivity index (χ1) is 14.4. The van der Waals surface area contributed by atoms with Gasteiger partial charge in [0.25, 0.3) is 0 Å². The Morgan fingerprint density at radius 1 is 1.20 bits per heavy atom. The molecule has 2 aromatic rings. The fourth-order valence-corrected chi connectivity index (χ4v) is 4.64. The molecule has 7 nitrogen and oxygen atoms in total. The van der Waals surface area contributed by atoms with Crippen LogP contribution in [0.5, 0.6) is 11.5 Å². The molecule has 0 atom stereocenters. The quantitative estimate of drug-likeness (QED) is 0.728. The summed E-state index contributed by atoms with van der Waals surface area (Å²) in [5, 5.41) is 8.98. The van der Waals surface area contributed by atoms with E-state index in [0.29, 0.717) is 24.6 Å². The lowest BCUT2D eigenvalue weighted by molar-refractivity contribution is 0.140. The standard InChI is InChI=1S/C23H29N5O2/c1-23(2)12-17-16(20-19(23)22(26)28-13-27-20)8-9-18(21(17)29-11-3-10-24)30-15-6-4-14(25)5-7-15/h8-9,13-15H,3-7,11-12,25H2,1-2H3,(H2,26,27,28)/t14-,15-. The maximum Gasteiger partial charge on any atom is 0.165 e. The third-order valence-corrected chi connectivity index (χ3v) is 6.12. The summed E-state index contributed by atoms with van der Waals surface area (Å²) < 4.78 is 12.5. The molecule has 2 aliphatic rings. The highest BCUT2D eigenvalue weighted by Gasteiger charge is 2.37. The van der Waals surface area contributed by atoms with Gasteiger partial charge in [-0.2, -0.15) is 5.26 Å². The number of nitrogens with two attached hydrogens (primary N) is 2. The molecule has 1 fully saturated rings. The molecular weight excluding hydrogens is 378 g/mol. The Bertz CT molecular complexity index is 974. The van der Waals surface area contributed by atoms with E-state index in [9.17, 15) is 0 Å². The molecule has 1 saturated carbocycles. The van der Waals surface area contributed by atoms with E-state index < -0.39 is 0 Å². The van der Waals surface area contributed by atoms with Crippen molar-refractivity contribution in [3.05, 3.63) is 29.6 Å². The number of benzene rings is 1. The van der Waals surface area contributed by atoms with E-state index in [1.165, 1.54) is 6.33 Å². The van der Waals surface area contributed by atoms with E-state index in [4.69, 9.17) is 26.2 Å². The van der Waals surface area contributed by atoms with E-state index in [1.807, 2.05) is 12.1 Å². The summed E-state index contributed by atoms with van der Waals surface area (Å²) in [4.78, 5) is 8.76. The summed E-state index contributed by atoms with van der Waals surface area (Å²) >= 11 is 0. The average Bonchev–Trinajstić information content (AvgIpc) is 2.71. The van der Waals surface area contributed by atoms with Crippen LogP contribution in [-0.2, 0) is 11.8 Å². The third-order valence-electron chi connectivity index (χ3n) is 6.12. The third kappa shape index (κ3) is 3.80. The van der Waals surface area contributed by atoms with Gasteiger partial charge in [0.1, 0.15) is 18.8 Å². The van der Waals surface area contributed by atoms with E-state index in [2.05, 4.69) is 29.9 Å². The first-order valence-corrected chi connectivity index (χ1v) is 10.6. The summed E-state index contributed by atoms with van der Waals surface area (Å²) in [6.07, 6.45) is 6.49. The summed E-state index contributed by atoms with van der Waals surface area (Å²) in [6.45, 7) is 4.60. The van der Waals surface area contributed by atoms with Gasteiger partial charge in [-0.15, -0.1) is 0 Å². The number of hydrogen-bond acceptors (Lipinski definition) is 7. The zero-order valence-electron chi connectivity index (χ0n) is 17.6. The molecule has 0 radical (unpaired) electrons. The Hall–Kier alpha value is -2.85. The van der Waals surface area contributed by atoms with Gasteiger partial charge in [0.05, 0.1) is 24.3 Å². The minimum Gasteiger partial charge on any atom is -0.488 e. The van der Waals surface area contributed by atoms with Crippen LogP contribution < -0.4 is 20.9 Å². The number of aromatic nitrogens is 2. The van der Waals surface area contributed by atoms with Crippen LogP contribution in [0.25, 0.3) is 11.3 Å². The molecule has 1 aromatic carbocycles. The van der Waals surface area contributed by atoms with Gasteiger partial charge in [0, 0.05) is 22.7 Å². The second-order valence-corrected chi connectivity index (χ2v) is 8.87. The van der Waals surface area contributed by atoms with Crippen LogP contribution in [0.3, 0.4) is 0 Å². The van der Waals surface area contributed by atoms with Crippen LogP contribution in [0.2, 0.25) is 0 Å². The molecule has 30 heavy (non-hydrogen) atoms. The highest BCUT2D eigenvalue weighted by molar-refractivity contribution is 5.78. The zero-order chi connectivity index (χ0) is 21.3. The Kier molecular flexibility index (Phi) is 5.52. The lowest BCUT2D eigenvalue weighted by Crippen LogP contribution is -2.32. The first kappa shape index (κ1) is 20.4. The van der Waals surface area contributed by atoms with Crippen molar-refractivity contribution in [3.63, 3.8) is 0 Å². The second kappa shape index (κ2) is 8.11. The highest BCUT2D eigenvalue weighted by atomic mass is 16.5. The number of rotatable bonds is 5. The van der Waals surface area contributed by atoms with Gasteiger partial charge in [-0.05, 0) is 49.7 Å². The fourth-order valence-electron chi connectivity index (χ4n) is 4.64. The van der Waals surface area contributed by atoms with Crippen LogP contribution in [-0.4, -0.2) is 28.7 Å². The lowest BCUT2D eigenvalue weighted by atomic mass is 9.71. The predicted molar refractivity (Wildman–Crippen MR) is 115 cm³/mol. The minimum atomic E-state index is -0.253. The van der Waals surface area contributed by atoms with Gasteiger partial charge in [-0.3, -0.25) is 0 Å². The number of hydrogen-bond donors (Lipinski definition) is 2. The van der Waals surface area contributed by atoms with E-state index in [-0.39, 0.29) is 17.6 Å². The lowest BCUT2D eigenvalue weighted by Gasteiger charge is -2.35. The zero-order valence-corrected chi connectivity index (χ0v) is 17.6. The Labute approximate surface area is 177 Å². The van der Waals surface area contributed by atoms with Crippen LogP contribution in [0.1, 0.15) is 57.1 Å². The van der Waals surface area contributed by atoms with Crippen LogP contribution in [0.4, 0.5) is 5.82 Å². The van der Waals surface area contributed by atoms with Crippen molar-refractivity contribution in [2.45, 2.75) is 69.9 Å². The highest BCUT2D eigenvalue weighted by Crippen LogP contribution is 2.49. The van der Waals surface area contributed by atoms with Gasteiger partial charge >= 0.3 is 0 Å². The topological polar surface area (TPSA) is 120 Å². The molecule has 0 amide bonds. The Morgan fingerprint density at radius 2 is 1.97 bits per heavy atom. The van der Waals surface area contributed by atoms with Gasteiger partial charge in [0.2, 0.25) is 0 Å². The smallest absolute Gasteiger partial charge is 0.165 e. The molecule has 2 aliphatic carbocycles. The van der Waals surface area contributed by atoms with Crippen molar-refractivity contribution in [2.75, 3.05) is 12.3 Å². The van der Waals surface area contributed by atoms with Gasteiger partial charge in [0.15, 0.2) is 11.5 Å². The summed E-state index contributed by atoms with van der Waals surface area (Å²) in [5.41, 5.74) is 15.9. The van der Waals surface area contributed by atoms with Crippen molar-refractivity contribution in [1.82, 2.24) is 9.97 Å². The summed E-state index contributed by atoms with van der Waals surface area (Å²) in [5.74, 6) is 1.96. The normalized spacial score (nSPS) is 21.8. The molecule has 7 heteroatoms. The molecule has 0 saturated heterocycles. The molecule has 4 N–H and O–H groups in total. The van der Waals surface area contributed by atoms with Gasteiger partial charge in [-0.1, -0.05) is 13.8 Å². The Balaban J connectivity index is 1.76. The largest absolute Gasteiger partial charge is 0.488 e. The van der Waals surface area contributed by atoms with Crippen molar-refractivity contribution in [1.29, 1.82) is 5.26 Å². The van der Waals surface area contributed by atoms with Crippen LogP contribution >= 0.6 is 0 Å². The maximum atomic E-state index is 8.98. The number of nitrogen functional groups attached to an aromatic ring is 1. The number of ether oxygens (including phenoxy) is 2. The number of nitriles is 1. The second-order valence-electron chi connectivity index (χ2n) is 8.87. The summed E-state index contributed by atoms with van der Waals surface area (Å²) in [7, 11) is 0. The van der Waals surface area contributed by atoms with Crippen LogP contribution in [0.15, 0.2) is 18.5 Å². The molecule has 158 valence electrons. The molecule has 0 unspecified atom stereocenters. The number of nitrogens with zero attached hydrogens (tertiary/aromatic N) is 3. The van der Waals surface area contributed by atoms with Crippen molar-refractivity contribution in [2.24, 2.45) is 5.73 Å². The Morgan fingerprint density at radius 3 is 2.70 bits per heavy atom. The fraction of sp³-hybridized carbons (Fsp3) is 0.522. The monoisotopic (exact) mass is 407 g/mol.